The van der Waals surface area contributed by atoms with Crippen LogP contribution in [0.5, 0.6) is 5.75 Å². The van der Waals surface area contributed by atoms with Crippen molar-refractivity contribution in [1.82, 2.24) is 10.2 Å². The van der Waals surface area contributed by atoms with Crippen molar-refractivity contribution in [3.05, 3.63) is 65.2 Å². The highest BCUT2D eigenvalue weighted by Gasteiger charge is 2.47. The Morgan fingerprint density at radius 3 is 2.68 bits per heavy atom. The highest BCUT2D eigenvalue weighted by atomic mass is 16.5. The van der Waals surface area contributed by atoms with E-state index >= 15 is 0 Å². The standard InChI is InChI=1S/C22H25N3O3/c1-14-6-2-3-7-16(14)21-18-11-24-10-15(18)12-25(21)20(26)13-28-19-9-5-4-8-17(19)22(23)27/h2-9,15,18,21,24H,10-13H2,1H3,(H2,23,27)/t15-,18-,21+/m0/s1. The largest absolute Gasteiger partial charge is 0.483 e. The molecule has 6 heteroatoms. The van der Waals surface area contributed by atoms with Crippen molar-refractivity contribution >= 4 is 11.8 Å². The summed E-state index contributed by atoms with van der Waals surface area (Å²) in [5.74, 6) is 0.566. The molecule has 2 aliphatic rings. The maximum atomic E-state index is 13.1. The van der Waals surface area contributed by atoms with Gasteiger partial charge in [-0.15, -0.1) is 0 Å². The third-order valence-electron chi connectivity index (χ3n) is 5.90. The molecule has 0 aromatic heterocycles. The number of benzene rings is 2. The Hall–Kier alpha value is -2.86. The van der Waals surface area contributed by atoms with E-state index in [9.17, 15) is 9.59 Å². The minimum atomic E-state index is -0.567. The van der Waals surface area contributed by atoms with Crippen LogP contribution in [0.3, 0.4) is 0 Å². The summed E-state index contributed by atoms with van der Waals surface area (Å²) < 4.78 is 5.70. The van der Waals surface area contributed by atoms with Crippen molar-refractivity contribution in [3.8, 4) is 5.75 Å². The Morgan fingerprint density at radius 1 is 1.14 bits per heavy atom. The maximum absolute atomic E-state index is 13.1. The van der Waals surface area contributed by atoms with Crippen LogP contribution in [0.25, 0.3) is 0 Å². The molecule has 6 nitrogen and oxygen atoms in total. The number of nitrogens with one attached hydrogen (secondary N) is 1. The number of rotatable bonds is 5. The summed E-state index contributed by atoms with van der Waals surface area (Å²) in [4.78, 5) is 26.6. The zero-order valence-corrected chi connectivity index (χ0v) is 15.9. The molecule has 3 N–H and O–H groups in total. The first-order chi connectivity index (χ1) is 13.6. The van der Waals surface area contributed by atoms with Gasteiger partial charge in [-0.3, -0.25) is 9.59 Å². The second kappa shape index (κ2) is 7.64. The van der Waals surface area contributed by atoms with Crippen LogP contribution < -0.4 is 15.8 Å². The molecule has 2 heterocycles. The summed E-state index contributed by atoms with van der Waals surface area (Å²) in [5.41, 5.74) is 8.08. The fraction of sp³-hybridized carbons (Fsp3) is 0.364. The fourth-order valence-corrected chi connectivity index (χ4v) is 4.51. The van der Waals surface area contributed by atoms with Gasteiger partial charge in [-0.2, -0.15) is 0 Å². The summed E-state index contributed by atoms with van der Waals surface area (Å²) in [7, 11) is 0. The lowest BCUT2D eigenvalue weighted by molar-refractivity contribution is -0.134. The number of hydrogen-bond donors (Lipinski definition) is 2. The summed E-state index contributed by atoms with van der Waals surface area (Å²) in [6.45, 7) is 4.55. The normalized spacial score (nSPS) is 23.5. The number of nitrogens with two attached hydrogens (primary N) is 1. The molecule has 28 heavy (non-hydrogen) atoms. The summed E-state index contributed by atoms with van der Waals surface area (Å²) in [6.07, 6.45) is 0. The first-order valence-electron chi connectivity index (χ1n) is 9.63. The predicted octanol–water partition coefficient (Wildman–Crippen LogP) is 1.89. The SMILES string of the molecule is Cc1ccccc1[C@@H]1[C@H]2CNC[C@H]2CN1C(=O)COc1ccccc1C(N)=O. The van der Waals surface area contributed by atoms with Gasteiger partial charge in [-0.25, -0.2) is 0 Å². The van der Waals surface area contributed by atoms with Gasteiger partial charge < -0.3 is 20.7 Å². The van der Waals surface area contributed by atoms with Crippen molar-refractivity contribution < 1.29 is 14.3 Å². The Labute approximate surface area is 164 Å². The van der Waals surface area contributed by atoms with E-state index in [0.717, 1.165) is 19.6 Å². The Morgan fingerprint density at radius 2 is 1.89 bits per heavy atom. The smallest absolute Gasteiger partial charge is 0.261 e. The topological polar surface area (TPSA) is 84.7 Å². The average Bonchev–Trinajstić information content (AvgIpc) is 3.28. The number of para-hydroxylation sites is 1. The molecule has 0 bridgehead atoms. The fourth-order valence-electron chi connectivity index (χ4n) is 4.51. The van der Waals surface area contributed by atoms with Crippen molar-refractivity contribution in [2.75, 3.05) is 26.2 Å². The molecular formula is C22H25N3O3. The summed E-state index contributed by atoms with van der Waals surface area (Å²) in [5, 5.41) is 3.46. The average molecular weight is 379 g/mol. The summed E-state index contributed by atoms with van der Waals surface area (Å²) in [6, 6.07) is 15.0. The van der Waals surface area contributed by atoms with E-state index in [2.05, 4.69) is 24.4 Å². The number of likely N-dealkylation sites (tertiary alicyclic amines) is 1. The first kappa shape index (κ1) is 18.5. The van der Waals surface area contributed by atoms with E-state index in [4.69, 9.17) is 10.5 Å². The van der Waals surface area contributed by atoms with Crippen molar-refractivity contribution in [2.24, 2.45) is 17.6 Å². The predicted molar refractivity (Wildman–Crippen MR) is 106 cm³/mol. The Bertz CT molecular complexity index is 898. The monoisotopic (exact) mass is 379 g/mol. The van der Waals surface area contributed by atoms with Crippen LogP contribution in [0.4, 0.5) is 0 Å². The van der Waals surface area contributed by atoms with Gasteiger partial charge in [0.15, 0.2) is 6.61 Å². The van der Waals surface area contributed by atoms with Gasteiger partial charge in [0.2, 0.25) is 0 Å². The molecule has 2 saturated heterocycles. The van der Waals surface area contributed by atoms with Gasteiger partial charge in [0.1, 0.15) is 5.75 Å². The molecule has 146 valence electrons. The zero-order valence-electron chi connectivity index (χ0n) is 15.9. The number of hydrogen-bond acceptors (Lipinski definition) is 4. The van der Waals surface area contributed by atoms with Gasteiger partial charge in [0.05, 0.1) is 11.6 Å². The van der Waals surface area contributed by atoms with E-state index < -0.39 is 5.91 Å². The van der Waals surface area contributed by atoms with E-state index in [1.54, 1.807) is 24.3 Å². The molecule has 2 fully saturated rings. The third kappa shape index (κ3) is 3.36. The summed E-state index contributed by atoms with van der Waals surface area (Å²) >= 11 is 0. The number of carbonyl (C=O) groups is 2. The quantitative estimate of drug-likeness (QED) is 0.831. The van der Waals surface area contributed by atoms with Crippen LogP contribution in [0.1, 0.15) is 27.5 Å². The second-order valence-electron chi connectivity index (χ2n) is 7.58. The molecule has 3 atom stereocenters. The third-order valence-corrected chi connectivity index (χ3v) is 5.90. The van der Waals surface area contributed by atoms with Gasteiger partial charge in [0.25, 0.3) is 11.8 Å². The number of primary amides is 1. The number of ether oxygens (including phenoxy) is 1. The molecule has 0 radical (unpaired) electrons. The van der Waals surface area contributed by atoms with E-state index in [-0.39, 0.29) is 24.1 Å². The Balaban J connectivity index is 1.55. The lowest BCUT2D eigenvalue weighted by atomic mass is 9.87. The molecule has 0 aliphatic carbocycles. The molecule has 4 rings (SSSR count). The van der Waals surface area contributed by atoms with Gasteiger partial charge in [-0.1, -0.05) is 36.4 Å². The molecule has 2 aliphatic heterocycles. The number of aryl methyl sites for hydroxylation is 1. The molecule has 2 aromatic rings. The van der Waals surface area contributed by atoms with E-state index in [1.807, 2.05) is 17.0 Å². The van der Waals surface area contributed by atoms with Crippen molar-refractivity contribution in [1.29, 1.82) is 0 Å². The Kier molecular flexibility index (Phi) is 5.05. The van der Waals surface area contributed by atoms with Gasteiger partial charge in [-0.05, 0) is 36.1 Å². The molecule has 2 aromatic carbocycles. The molecule has 0 unspecified atom stereocenters. The van der Waals surface area contributed by atoms with Crippen LogP contribution >= 0.6 is 0 Å². The number of nitrogens with zero attached hydrogens (tertiary/aromatic N) is 1. The molecule has 0 spiro atoms. The highest BCUT2D eigenvalue weighted by Crippen LogP contribution is 2.43. The minimum Gasteiger partial charge on any atom is -0.483 e. The second-order valence-corrected chi connectivity index (χ2v) is 7.58. The van der Waals surface area contributed by atoms with Crippen LogP contribution in [-0.4, -0.2) is 43.0 Å². The van der Waals surface area contributed by atoms with Gasteiger partial charge in [0, 0.05) is 25.6 Å². The molecule has 0 saturated carbocycles. The first-order valence-corrected chi connectivity index (χ1v) is 9.63. The highest BCUT2D eigenvalue weighted by molar-refractivity contribution is 5.95. The zero-order chi connectivity index (χ0) is 19.7. The van der Waals surface area contributed by atoms with E-state index in [1.165, 1.54) is 11.1 Å². The van der Waals surface area contributed by atoms with Crippen LogP contribution in [0.2, 0.25) is 0 Å². The molecule has 2 amide bonds. The minimum absolute atomic E-state index is 0.0451. The lowest BCUT2D eigenvalue weighted by Crippen LogP contribution is -2.38. The maximum Gasteiger partial charge on any atom is 0.261 e. The van der Waals surface area contributed by atoms with Crippen molar-refractivity contribution in [2.45, 2.75) is 13.0 Å². The number of amides is 2. The van der Waals surface area contributed by atoms with Crippen LogP contribution in [0, 0.1) is 18.8 Å². The van der Waals surface area contributed by atoms with Crippen LogP contribution in [-0.2, 0) is 4.79 Å². The number of fused-ring (bicyclic) bond motifs is 1. The van der Waals surface area contributed by atoms with E-state index in [0.29, 0.717) is 17.6 Å². The van der Waals surface area contributed by atoms with Gasteiger partial charge >= 0.3 is 0 Å². The number of carbonyl (C=O) groups excluding carboxylic acids is 2. The van der Waals surface area contributed by atoms with Crippen LogP contribution in [0.15, 0.2) is 48.5 Å². The lowest BCUT2D eigenvalue weighted by Gasteiger charge is -2.29. The molecular weight excluding hydrogens is 354 g/mol. The van der Waals surface area contributed by atoms with Crippen molar-refractivity contribution in [3.63, 3.8) is 0 Å².